The maximum absolute atomic E-state index is 12.9. The lowest BCUT2D eigenvalue weighted by Crippen LogP contribution is -2.40. The molecule has 0 aliphatic heterocycles. The maximum atomic E-state index is 12.9. The van der Waals surface area contributed by atoms with Crippen molar-refractivity contribution in [2.24, 2.45) is 5.92 Å². The van der Waals surface area contributed by atoms with Gasteiger partial charge in [-0.1, -0.05) is 42.5 Å². The van der Waals surface area contributed by atoms with E-state index in [1.807, 2.05) is 30.3 Å². The fraction of sp³-hybridized carbons (Fsp3) is 0.458. The second kappa shape index (κ2) is 15.0. The number of carbonyl (C=O) groups is 3. The summed E-state index contributed by atoms with van der Waals surface area (Å²) in [6.07, 6.45) is 5.29. The number of hydrogen-bond donors (Lipinski definition) is 3. The molecule has 0 bridgehead atoms. The molecule has 1 aromatic carbocycles. The van der Waals surface area contributed by atoms with Gasteiger partial charge in [0.2, 0.25) is 11.8 Å². The van der Waals surface area contributed by atoms with Crippen LogP contribution in [0.2, 0.25) is 0 Å². The lowest BCUT2D eigenvalue weighted by atomic mass is 9.98. The summed E-state index contributed by atoms with van der Waals surface area (Å²) in [5.41, 5.74) is 0.797. The van der Waals surface area contributed by atoms with Crippen LogP contribution in [-0.2, 0) is 19.1 Å². The first-order valence-electron chi connectivity index (χ1n) is 10.5. The van der Waals surface area contributed by atoms with Crippen LogP contribution < -0.4 is 10.6 Å². The van der Waals surface area contributed by atoms with Gasteiger partial charge in [0.15, 0.2) is 0 Å². The normalized spacial score (nSPS) is 13.4. The first kappa shape index (κ1) is 26.1. The lowest BCUT2D eigenvalue weighted by Gasteiger charge is -2.23. The first-order valence-corrected chi connectivity index (χ1v) is 10.5. The van der Waals surface area contributed by atoms with E-state index in [4.69, 9.17) is 9.84 Å². The quantitative estimate of drug-likeness (QED) is 0.225. The highest BCUT2D eigenvalue weighted by molar-refractivity contribution is 5.86. The molecule has 0 aromatic heterocycles. The van der Waals surface area contributed by atoms with Gasteiger partial charge in [0.25, 0.3) is 0 Å². The topological polar surface area (TPSA) is 105 Å². The standard InChI is InChI=1S/C24H34N2O5/c1-4-6-8-14-23(29)31-17-21(19-12-9-7-10-13-19)26-24(30)20(11-5-2)15-22(28)25-18(3)16-27/h4-5,7,9-10,12-13,18,20-21,27H,1-2,6,8,11,14-17H2,3H3,(H,25,28)(H,26,30)/t18-,20+,21-/m1/s1. The van der Waals surface area contributed by atoms with Crippen LogP contribution in [-0.4, -0.2) is 42.1 Å². The molecule has 1 rings (SSSR count). The van der Waals surface area contributed by atoms with Gasteiger partial charge in [-0.3, -0.25) is 14.4 Å². The van der Waals surface area contributed by atoms with Crippen molar-refractivity contribution in [3.8, 4) is 0 Å². The molecule has 0 aliphatic rings. The van der Waals surface area contributed by atoms with E-state index < -0.39 is 18.0 Å². The van der Waals surface area contributed by atoms with Crippen LogP contribution in [0.25, 0.3) is 0 Å². The van der Waals surface area contributed by atoms with Crippen LogP contribution in [0.1, 0.15) is 50.6 Å². The van der Waals surface area contributed by atoms with Crippen molar-refractivity contribution < 1.29 is 24.2 Å². The van der Waals surface area contributed by atoms with Crippen molar-refractivity contribution in [2.75, 3.05) is 13.2 Å². The molecule has 170 valence electrons. The molecule has 7 heteroatoms. The van der Waals surface area contributed by atoms with Gasteiger partial charge in [0.1, 0.15) is 6.61 Å². The number of allylic oxidation sites excluding steroid dienone is 2. The Morgan fingerprint density at radius 2 is 1.84 bits per heavy atom. The maximum Gasteiger partial charge on any atom is 0.305 e. The van der Waals surface area contributed by atoms with Crippen LogP contribution in [0.4, 0.5) is 0 Å². The van der Waals surface area contributed by atoms with Crippen molar-refractivity contribution in [1.82, 2.24) is 10.6 Å². The number of hydrogen-bond acceptors (Lipinski definition) is 5. The number of benzene rings is 1. The highest BCUT2D eigenvalue weighted by Gasteiger charge is 2.25. The summed E-state index contributed by atoms with van der Waals surface area (Å²) in [6.45, 7) is 8.79. The average molecular weight is 431 g/mol. The van der Waals surface area contributed by atoms with E-state index in [9.17, 15) is 14.4 Å². The number of aliphatic hydroxyl groups is 1. The molecule has 7 nitrogen and oxygen atoms in total. The SMILES string of the molecule is C=CCCCC(=O)OC[C@@H](NC(=O)[C@@H](CC=C)CC(=O)N[C@H](C)CO)c1ccccc1. The molecular formula is C24H34N2O5. The molecule has 0 saturated heterocycles. The molecule has 31 heavy (non-hydrogen) atoms. The molecule has 0 heterocycles. The average Bonchev–Trinajstić information content (AvgIpc) is 2.76. The predicted octanol–water partition coefficient (Wildman–Crippen LogP) is 2.82. The Labute approximate surface area is 184 Å². The molecule has 0 radical (unpaired) electrons. The Morgan fingerprint density at radius 3 is 2.45 bits per heavy atom. The van der Waals surface area contributed by atoms with Crippen molar-refractivity contribution in [1.29, 1.82) is 0 Å². The van der Waals surface area contributed by atoms with Crippen molar-refractivity contribution in [2.45, 2.75) is 51.1 Å². The summed E-state index contributed by atoms with van der Waals surface area (Å²) in [6, 6.07) is 8.29. The van der Waals surface area contributed by atoms with E-state index in [1.54, 1.807) is 19.1 Å². The van der Waals surface area contributed by atoms with Gasteiger partial charge in [-0.15, -0.1) is 13.2 Å². The molecule has 3 atom stereocenters. The third-order valence-corrected chi connectivity index (χ3v) is 4.65. The van der Waals surface area contributed by atoms with Crippen LogP contribution in [0.5, 0.6) is 0 Å². The number of unbranched alkanes of at least 4 members (excludes halogenated alkanes) is 1. The van der Waals surface area contributed by atoms with Crippen LogP contribution in [0.3, 0.4) is 0 Å². The van der Waals surface area contributed by atoms with Gasteiger partial charge in [-0.05, 0) is 31.7 Å². The van der Waals surface area contributed by atoms with Gasteiger partial charge in [0.05, 0.1) is 18.6 Å². The highest BCUT2D eigenvalue weighted by atomic mass is 16.5. The summed E-state index contributed by atoms with van der Waals surface area (Å²) in [5, 5.41) is 14.6. The number of nitrogens with one attached hydrogen (secondary N) is 2. The summed E-state index contributed by atoms with van der Waals surface area (Å²) < 4.78 is 5.38. The molecule has 1 aromatic rings. The second-order valence-corrected chi connectivity index (χ2v) is 7.41. The summed E-state index contributed by atoms with van der Waals surface area (Å²) >= 11 is 0. The Hall–Kier alpha value is -2.93. The smallest absolute Gasteiger partial charge is 0.305 e. The molecule has 3 N–H and O–H groups in total. The first-order chi connectivity index (χ1) is 14.9. The van der Waals surface area contributed by atoms with Gasteiger partial charge in [-0.2, -0.15) is 0 Å². The lowest BCUT2D eigenvalue weighted by molar-refractivity contribution is -0.145. The molecule has 0 saturated carbocycles. The van der Waals surface area contributed by atoms with Crippen molar-refractivity contribution in [3.63, 3.8) is 0 Å². The zero-order valence-corrected chi connectivity index (χ0v) is 18.2. The molecular weight excluding hydrogens is 396 g/mol. The molecule has 0 aliphatic carbocycles. The van der Waals surface area contributed by atoms with Gasteiger partial charge < -0.3 is 20.5 Å². The fourth-order valence-electron chi connectivity index (χ4n) is 2.92. The van der Waals surface area contributed by atoms with E-state index in [0.29, 0.717) is 12.8 Å². The number of rotatable bonds is 15. The molecule has 2 amide bonds. The monoisotopic (exact) mass is 430 g/mol. The predicted molar refractivity (Wildman–Crippen MR) is 120 cm³/mol. The minimum Gasteiger partial charge on any atom is -0.463 e. The molecule has 0 fully saturated rings. The zero-order valence-electron chi connectivity index (χ0n) is 18.2. The van der Waals surface area contributed by atoms with Gasteiger partial charge in [-0.25, -0.2) is 0 Å². The van der Waals surface area contributed by atoms with E-state index in [1.165, 1.54) is 0 Å². The summed E-state index contributed by atoms with van der Waals surface area (Å²) in [7, 11) is 0. The Bertz CT molecular complexity index is 720. The highest BCUT2D eigenvalue weighted by Crippen LogP contribution is 2.17. The minimum atomic E-state index is -0.627. The Morgan fingerprint density at radius 1 is 1.13 bits per heavy atom. The third kappa shape index (κ3) is 10.6. The molecule has 0 spiro atoms. The number of carbonyl (C=O) groups excluding carboxylic acids is 3. The van der Waals surface area contributed by atoms with Crippen LogP contribution in [0, 0.1) is 5.92 Å². The van der Waals surface area contributed by atoms with Crippen molar-refractivity contribution in [3.05, 3.63) is 61.2 Å². The Balaban J connectivity index is 2.81. The van der Waals surface area contributed by atoms with Gasteiger partial charge in [0, 0.05) is 18.9 Å². The van der Waals surface area contributed by atoms with E-state index in [2.05, 4.69) is 23.8 Å². The number of aliphatic hydroxyl groups excluding tert-OH is 1. The fourth-order valence-corrected chi connectivity index (χ4v) is 2.92. The summed E-state index contributed by atoms with van der Waals surface area (Å²) in [5.74, 6) is -1.62. The molecule has 0 unspecified atom stereocenters. The van der Waals surface area contributed by atoms with Crippen LogP contribution in [0.15, 0.2) is 55.6 Å². The Kier molecular flexibility index (Phi) is 12.6. The number of esters is 1. The van der Waals surface area contributed by atoms with E-state index >= 15 is 0 Å². The third-order valence-electron chi connectivity index (χ3n) is 4.65. The van der Waals surface area contributed by atoms with E-state index in [-0.39, 0.29) is 43.8 Å². The van der Waals surface area contributed by atoms with Gasteiger partial charge >= 0.3 is 5.97 Å². The largest absolute Gasteiger partial charge is 0.463 e. The minimum absolute atomic E-state index is 0.00275. The second-order valence-electron chi connectivity index (χ2n) is 7.41. The van der Waals surface area contributed by atoms with Crippen LogP contribution >= 0.6 is 0 Å². The number of ether oxygens (including phenoxy) is 1. The van der Waals surface area contributed by atoms with Crippen molar-refractivity contribution >= 4 is 17.8 Å². The van der Waals surface area contributed by atoms with E-state index in [0.717, 1.165) is 12.0 Å². The number of amides is 2. The summed E-state index contributed by atoms with van der Waals surface area (Å²) in [4.78, 5) is 37.1. The zero-order chi connectivity index (χ0) is 23.1.